The van der Waals surface area contributed by atoms with E-state index in [1.54, 1.807) is 12.4 Å². The maximum atomic E-state index is 13.1. The van der Waals surface area contributed by atoms with E-state index in [2.05, 4.69) is 20.3 Å². The molecule has 3 heterocycles. The van der Waals surface area contributed by atoms with Crippen LogP contribution in [0.5, 0.6) is 0 Å². The number of aromatic nitrogens is 3. The molecule has 1 aliphatic carbocycles. The van der Waals surface area contributed by atoms with Gasteiger partial charge >= 0.3 is 12.2 Å². The number of amides is 3. The molecule has 3 amide bonds. The monoisotopic (exact) mass is 448 g/mol. The summed E-state index contributed by atoms with van der Waals surface area (Å²) in [6, 6.07) is 0.871. The van der Waals surface area contributed by atoms with Gasteiger partial charge in [-0.2, -0.15) is 13.2 Å². The Labute approximate surface area is 182 Å². The number of halogens is 3. The second kappa shape index (κ2) is 8.36. The molecule has 11 heteroatoms. The van der Waals surface area contributed by atoms with Gasteiger partial charge < -0.3 is 10.2 Å². The number of carbonyl (C=O) groups is 2. The summed E-state index contributed by atoms with van der Waals surface area (Å²) >= 11 is 0. The molecule has 32 heavy (non-hydrogen) atoms. The Morgan fingerprint density at radius 1 is 1.22 bits per heavy atom. The number of pyridine rings is 1. The van der Waals surface area contributed by atoms with Crippen LogP contribution in [-0.2, 0) is 11.0 Å². The first kappa shape index (κ1) is 22.0. The van der Waals surface area contributed by atoms with E-state index in [0.717, 1.165) is 36.7 Å². The minimum absolute atomic E-state index is 0.0363. The van der Waals surface area contributed by atoms with E-state index in [0.29, 0.717) is 12.5 Å². The van der Waals surface area contributed by atoms with Gasteiger partial charge in [-0.3, -0.25) is 9.69 Å². The first-order valence-electron chi connectivity index (χ1n) is 10.4. The lowest BCUT2D eigenvalue weighted by atomic mass is 10.0. The van der Waals surface area contributed by atoms with Crippen LogP contribution in [0.25, 0.3) is 0 Å². The van der Waals surface area contributed by atoms with Crippen molar-refractivity contribution in [2.75, 3.05) is 23.3 Å². The second-order valence-electron chi connectivity index (χ2n) is 8.40. The van der Waals surface area contributed by atoms with Gasteiger partial charge in [0.2, 0.25) is 11.9 Å². The minimum atomic E-state index is -4.55. The first-order valence-corrected chi connectivity index (χ1v) is 10.4. The number of urea groups is 1. The molecule has 1 saturated heterocycles. The van der Waals surface area contributed by atoms with Crippen LogP contribution in [0.3, 0.4) is 0 Å². The maximum absolute atomic E-state index is 13.1. The molecule has 2 aromatic heterocycles. The van der Waals surface area contributed by atoms with E-state index in [-0.39, 0.29) is 30.3 Å². The number of alkyl halides is 3. The number of carbonyl (C=O) groups excluding carboxylic acids is 2. The van der Waals surface area contributed by atoms with Crippen LogP contribution in [0.2, 0.25) is 0 Å². The third-order valence-electron chi connectivity index (χ3n) is 5.63. The molecule has 0 aromatic carbocycles. The van der Waals surface area contributed by atoms with Crippen molar-refractivity contribution < 1.29 is 22.8 Å². The fourth-order valence-corrected chi connectivity index (χ4v) is 3.69. The Morgan fingerprint density at radius 3 is 2.50 bits per heavy atom. The average molecular weight is 448 g/mol. The molecule has 2 fully saturated rings. The normalized spacial score (nSPS) is 19.1. The van der Waals surface area contributed by atoms with Crippen LogP contribution >= 0.6 is 0 Å². The summed E-state index contributed by atoms with van der Waals surface area (Å²) in [5.41, 5.74) is 0.128. The third kappa shape index (κ3) is 4.66. The SMILES string of the molecule is CC(C)[C@H]1CN(c2ncc(C3CC3)cn2)C(=O)N1CC(=O)Nc1cc(C(F)(F)F)ccn1. The number of anilines is 2. The van der Waals surface area contributed by atoms with Gasteiger partial charge in [0.05, 0.1) is 18.2 Å². The number of hydrogen-bond donors (Lipinski definition) is 1. The van der Waals surface area contributed by atoms with Crippen LogP contribution in [0.15, 0.2) is 30.7 Å². The molecule has 0 bridgehead atoms. The van der Waals surface area contributed by atoms with Crippen LogP contribution in [0.4, 0.5) is 29.7 Å². The largest absolute Gasteiger partial charge is 0.416 e. The zero-order chi connectivity index (χ0) is 23.0. The van der Waals surface area contributed by atoms with E-state index < -0.39 is 23.7 Å². The molecule has 8 nitrogen and oxygen atoms in total. The summed E-state index contributed by atoms with van der Waals surface area (Å²) < 4.78 is 38.7. The molecule has 170 valence electrons. The highest BCUT2D eigenvalue weighted by Gasteiger charge is 2.41. The van der Waals surface area contributed by atoms with E-state index in [1.807, 2.05) is 13.8 Å². The van der Waals surface area contributed by atoms with Crippen molar-refractivity contribution in [3.8, 4) is 0 Å². The lowest BCUT2D eigenvalue weighted by molar-refractivity contribution is -0.137. The maximum Gasteiger partial charge on any atom is 0.416 e. The molecule has 0 unspecified atom stereocenters. The Morgan fingerprint density at radius 2 is 1.91 bits per heavy atom. The van der Waals surface area contributed by atoms with E-state index in [1.165, 1.54) is 9.80 Å². The first-order chi connectivity index (χ1) is 15.1. The predicted octanol–water partition coefficient (Wildman–Crippen LogP) is 3.67. The van der Waals surface area contributed by atoms with E-state index >= 15 is 0 Å². The molecule has 1 aliphatic heterocycles. The standard InChI is InChI=1S/C21H23F3N6O2/c1-12(2)16-10-30(19-26-8-14(9-27-19)13-3-4-13)20(32)29(16)11-18(31)28-17-7-15(5-6-25-17)21(22,23)24/h5-9,12-13,16H,3-4,10-11H2,1-2H3,(H,25,28,31)/t16-/m1/s1. The van der Waals surface area contributed by atoms with Crippen molar-refractivity contribution in [1.29, 1.82) is 0 Å². The Bertz CT molecular complexity index is 1010. The highest BCUT2D eigenvalue weighted by Crippen LogP contribution is 2.39. The van der Waals surface area contributed by atoms with Crippen molar-refractivity contribution in [2.45, 2.75) is 44.8 Å². The molecule has 2 aromatic rings. The average Bonchev–Trinajstić information content (AvgIpc) is 3.53. The Balaban J connectivity index is 1.46. The summed E-state index contributed by atoms with van der Waals surface area (Å²) in [5, 5.41) is 2.35. The molecular weight excluding hydrogens is 425 g/mol. The van der Waals surface area contributed by atoms with Gasteiger partial charge in [-0.05, 0) is 42.4 Å². The fourth-order valence-electron chi connectivity index (χ4n) is 3.69. The topological polar surface area (TPSA) is 91.3 Å². The third-order valence-corrected chi connectivity index (χ3v) is 5.63. The van der Waals surface area contributed by atoms with Crippen LogP contribution in [-0.4, -0.2) is 50.9 Å². The predicted molar refractivity (Wildman–Crippen MR) is 110 cm³/mol. The fraction of sp³-hybridized carbons (Fsp3) is 0.476. The summed E-state index contributed by atoms with van der Waals surface area (Å²) in [7, 11) is 0. The highest BCUT2D eigenvalue weighted by molar-refractivity contribution is 5.98. The molecule has 0 radical (unpaired) electrons. The van der Waals surface area contributed by atoms with Gasteiger partial charge in [0, 0.05) is 18.6 Å². The van der Waals surface area contributed by atoms with Crippen LogP contribution in [0, 0.1) is 5.92 Å². The molecule has 1 saturated carbocycles. The number of nitrogens with one attached hydrogen (secondary N) is 1. The lowest BCUT2D eigenvalue weighted by Crippen LogP contribution is -2.43. The Hall–Kier alpha value is -3.24. The van der Waals surface area contributed by atoms with Crippen LogP contribution < -0.4 is 10.2 Å². The van der Waals surface area contributed by atoms with Gasteiger partial charge in [-0.1, -0.05) is 13.8 Å². The van der Waals surface area contributed by atoms with Crippen molar-refractivity contribution in [3.63, 3.8) is 0 Å². The Kier molecular flexibility index (Phi) is 5.74. The number of rotatable bonds is 6. The summed E-state index contributed by atoms with van der Waals surface area (Å²) in [4.78, 5) is 40.8. The number of nitrogens with zero attached hydrogens (tertiary/aromatic N) is 5. The number of hydrogen-bond acceptors (Lipinski definition) is 5. The van der Waals surface area contributed by atoms with Crippen molar-refractivity contribution in [2.24, 2.45) is 5.92 Å². The molecule has 4 rings (SSSR count). The van der Waals surface area contributed by atoms with E-state index in [9.17, 15) is 22.8 Å². The van der Waals surface area contributed by atoms with Crippen molar-refractivity contribution in [3.05, 3.63) is 41.9 Å². The second-order valence-corrected chi connectivity index (χ2v) is 8.40. The van der Waals surface area contributed by atoms with E-state index in [4.69, 9.17) is 0 Å². The van der Waals surface area contributed by atoms with Gasteiger partial charge in [0.15, 0.2) is 0 Å². The zero-order valence-electron chi connectivity index (χ0n) is 17.6. The van der Waals surface area contributed by atoms with Gasteiger partial charge in [-0.25, -0.2) is 19.7 Å². The summed E-state index contributed by atoms with van der Waals surface area (Å²) in [6.45, 7) is 3.85. The van der Waals surface area contributed by atoms with Crippen LogP contribution in [0.1, 0.15) is 43.7 Å². The summed E-state index contributed by atoms with van der Waals surface area (Å²) in [6.07, 6.45) is 2.11. The summed E-state index contributed by atoms with van der Waals surface area (Å²) in [5.74, 6) is -0.0656. The smallest absolute Gasteiger partial charge is 0.310 e. The molecular formula is C21H23F3N6O2. The molecule has 2 aliphatic rings. The lowest BCUT2D eigenvalue weighted by Gasteiger charge is -2.25. The van der Waals surface area contributed by atoms with Gasteiger partial charge in [0.1, 0.15) is 12.4 Å². The molecule has 1 N–H and O–H groups in total. The van der Waals surface area contributed by atoms with Crippen molar-refractivity contribution in [1.82, 2.24) is 19.9 Å². The van der Waals surface area contributed by atoms with Crippen molar-refractivity contribution >= 4 is 23.7 Å². The highest BCUT2D eigenvalue weighted by atomic mass is 19.4. The minimum Gasteiger partial charge on any atom is -0.310 e. The molecule has 0 spiro atoms. The molecule has 1 atom stereocenters. The quantitative estimate of drug-likeness (QED) is 0.728. The zero-order valence-corrected chi connectivity index (χ0v) is 17.6. The van der Waals surface area contributed by atoms with Gasteiger partial charge in [-0.15, -0.1) is 0 Å². The van der Waals surface area contributed by atoms with Gasteiger partial charge in [0.25, 0.3) is 0 Å².